The summed E-state index contributed by atoms with van der Waals surface area (Å²) in [5.74, 6) is 0.429. The average molecular weight is 297 g/mol. The zero-order valence-corrected chi connectivity index (χ0v) is 14.5. The van der Waals surface area contributed by atoms with Crippen molar-refractivity contribution in [3.05, 3.63) is 0 Å². The quantitative estimate of drug-likeness (QED) is 0.678. The Labute approximate surface area is 129 Å². The summed E-state index contributed by atoms with van der Waals surface area (Å²) in [7, 11) is 1.41. The van der Waals surface area contributed by atoms with Gasteiger partial charge in [0.05, 0.1) is 13.5 Å². The normalized spacial score (nSPS) is 16.7. The van der Waals surface area contributed by atoms with Gasteiger partial charge in [-0.05, 0) is 29.6 Å². The molecule has 0 N–H and O–H groups in total. The predicted molar refractivity (Wildman–Crippen MR) is 83.8 cm³/mol. The van der Waals surface area contributed by atoms with E-state index in [1.807, 2.05) is 4.90 Å². The van der Waals surface area contributed by atoms with E-state index in [4.69, 9.17) is 4.74 Å². The number of hydrogen-bond donors (Lipinski definition) is 0. The molecule has 0 atom stereocenters. The second kappa shape index (κ2) is 6.80. The van der Waals surface area contributed by atoms with Crippen LogP contribution in [-0.4, -0.2) is 37.0 Å². The smallest absolute Gasteiger partial charge is 0.306 e. The lowest BCUT2D eigenvalue weighted by Gasteiger charge is -2.32. The molecule has 0 aromatic heterocycles. The van der Waals surface area contributed by atoms with E-state index in [-0.39, 0.29) is 22.7 Å². The van der Waals surface area contributed by atoms with E-state index in [2.05, 4.69) is 34.6 Å². The topological polar surface area (TPSA) is 46.6 Å². The van der Waals surface area contributed by atoms with Crippen molar-refractivity contribution in [3.63, 3.8) is 0 Å². The van der Waals surface area contributed by atoms with E-state index in [0.29, 0.717) is 18.8 Å². The van der Waals surface area contributed by atoms with Crippen molar-refractivity contribution in [1.82, 2.24) is 4.90 Å². The highest BCUT2D eigenvalue weighted by Gasteiger charge is 2.47. The monoisotopic (exact) mass is 297 g/mol. The summed E-state index contributed by atoms with van der Waals surface area (Å²) in [5, 5.41) is 0. The molecule has 1 rings (SSSR count). The fourth-order valence-electron chi connectivity index (χ4n) is 2.67. The number of nitrogens with zero attached hydrogens (tertiary/aromatic N) is 1. The Balaban J connectivity index is 2.66. The van der Waals surface area contributed by atoms with Crippen LogP contribution in [-0.2, 0) is 14.3 Å². The molecule has 0 unspecified atom stereocenters. The number of amides is 1. The number of methoxy groups -OCH3 is 1. The van der Waals surface area contributed by atoms with Crippen LogP contribution in [0.1, 0.15) is 60.3 Å². The summed E-state index contributed by atoms with van der Waals surface area (Å²) in [6.45, 7) is 12.2. The molecule has 122 valence electrons. The minimum Gasteiger partial charge on any atom is -0.469 e. The van der Waals surface area contributed by atoms with Crippen LogP contribution in [0, 0.1) is 16.7 Å². The van der Waals surface area contributed by atoms with Gasteiger partial charge in [-0.1, -0.05) is 34.6 Å². The molecule has 0 spiro atoms. The zero-order valence-electron chi connectivity index (χ0n) is 14.5. The molecule has 0 heterocycles. The standard InChI is InChI=1S/C17H31NO3/c1-13(2)11-18(12-16(3,4)5)14(19)9-17(7-8-17)10-15(20)21-6/h13H,7-12H2,1-6H3. The van der Waals surface area contributed by atoms with Gasteiger partial charge in [-0.15, -0.1) is 0 Å². The van der Waals surface area contributed by atoms with Crippen LogP contribution < -0.4 is 0 Å². The van der Waals surface area contributed by atoms with Gasteiger partial charge in [-0.2, -0.15) is 0 Å². The minimum absolute atomic E-state index is 0.0869. The maximum absolute atomic E-state index is 12.7. The second-order valence-electron chi connectivity index (χ2n) is 8.16. The molecule has 4 heteroatoms. The predicted octanol–water partition coefficient (Wildman–Crippen LogP) is 3.25. The molecule has 0 bridgehead atoms. The van der Waals surface area contributed by atoms with Crippen molar-refractivity contribution in [3.8, 4) is 0 Å². The van der Waals surface area contributed by atoms with Gasteiger partial charge in [0.15, 0.2) is 0 Å². The van der Waals surface area contributed by atoms with Gasteiger partial charge in [-0.3, -0.25) is 9.59 Å². The number of esters is 1. The van der Waals surface area contributed by atoms with Crippen LogP contribution in [0.2, 0.25) is 0 Å². The average Bonchev–Trinajstić information content (AvgIpc) is 3.05. The summed E-state index contributed by atoms with van der Waals surface area (Å²) in [4.78, 5) is 26.1. The van der Waals surface area contributed by atoms with Gasteiger partial charge < -0.3 is 9.64 Å². The summed E-state index contributed by atoms with van der Waals surface area (Å²) in [6.07, 6.45) is 2.77. The van der Waals surface area contributed by atoms with E-state index in [1.165, 1.54) is 7.11 Å². The van der Waals surface area contributed by atoms with Crippen molar-refractivity contribution in [2.45, 2.75) is 60.3 Å². The Kier molecular flexibility index (Phi) is 5.83. The fourth-order valence-corrected chi connectivity index (χ4v) is 2.67. The van der Waals surface area contributed by atoms with Crippen molar-refractivity contribution in [1.29, 1.82) is 0 Å². The summed E-state index contributed by atoms with van der Waals surface area (Å²) in [5.41, 5.74) is -0.0408. The lowest BCUT2D eigenvalue weighted by molar-refractivity contribution is -0.143. The highest BCUT2D eigenvalue weighted by atomic mass is 16.5. The molecular formula is C17H31NO3. The number of carbonyl (C=O) groups excluding carboxylic acids is 2. The number of ether oxygens (including phenoxy) is 1. The first-order valence-corrected chi connectivity index (χ1v) is 7.91. The van der Waals surface area contributed by atoms with E-state index in [9.17, 15) is 9.59 Å². The summed E-state index contributed by atoms with van der Waals surface area (Å²) in [6, 6.07) is 0. The molecule has 0 aromatic carbocycles. The van der Waals surface area contributed by atoms with E-state index in [0.717, 1.165) is 25.9 Å². The highest BCUT2D eigenvalue weighted by molar-refractivity contribution is 5.79. The SMILES string of the molecule is COC(=O)CC1(CC(=O)N(CC(C)C)CC(C)(C)C)CC1. The van der Waals surface area contributed by atoms with E-state index < -0.39 is 0 Å². The molecule has 1 fully saturated rings. The first-order valence-electron chi connectivity index (χ1n) is 7.91. The van der Waals surface area contributed by atoms with Gasteiger partial charge in [0.1, 0.15) is 0 Å². The van der Waals surface area contributed by atoms with Crippen LogP contribution in [0.15, 0.2) is 0 Å². The molecular weight excluding hydrogens is 266 g/mol. The van der Waals surface area contributed by atoms with Crippen molar-refractivity contribution in [2.24, 2.45) is 16.7 Å². The molecule has 0 radical (unpaired) electrons. The largest absolute Gasteiger partial charge is 0.469 e. The molecule has 4 nitrogen and oxygen atoms in total. The van der Waals surface area contributed by atoms with Crippen molar-refractivity contribution < 1.29 is 14.3 Å². The van der Waals surface area contributed by atoms with Crippen LogP contribution in [0.25, 0.3) is 0 Å². The van der Waals surface area contributed by atoms with Gasteiger partial charge in [-0.25, -0.2) is 0 Å². The molecule has 1 saturated carbocycles. The van der Waals surface area contributed by atoms with E-state index >= 15 is 0 Å². The summed E-state index contributed by atoms with van der Waals surface area (Å²) < 4.78 is 4.75. The first-order chi connectivity index (χ1) is 9.57. The van der Waals surface area contributed by atoms with Crippen LogP contribution in [0.5, 0.6) is 0 Å². The maximum Gasteiger partial charge on any atom is 0.306 e. The fraction of sp³-hybridized carbons (Fsp3) is 0.882. The van der Waals surface area contributed by atoms with Gasteiger partial charge in [0.2, 0.25) is 5.91 Å². The minimum atomic E-state index is -0.202. The van der Waals surface area contributed by atoms with Crippen LogP contribution in [0.4, 0.5) is 0 Å². The van der Waals surface area contributed by atoms with E-state index in [1.54, 1.807) is 0 Å². The Morgan fingerprint density at radius 3 is 2.14 bits per heavy atom. The first kappa shape index (κ1) is 18.0. The Bertz CT molecular complexity index is 378. The Hall–Kier alpha value is -1.06. The lowest BCUT2D eigenvalue weighted by Crippen LogP contribution is -2.41. The Morgan fingerprint density at radius 2 is 1.76 bits per heavy atom. The lowest BCUT2D eigenvalue weighted by atomic mass is 9.93. The van der Waals surface area contributed by atoms with Crippen molar-refractivity contribution in [2.75, 3.05) is 20.2 Å². The molecule has 0 aromatic rings. The number of hydrogen-bond acceptors (Lipinski definition) is 3. The molecule has 1 amide bonds. The van der Waals surface area contributed by atoms with Gasteiger partial charge in [0.25, 0.3) is 0 Å². The second-order valence-corrected chi connectivity index (χ2v) is 8.16. The molecule has 21 heavy (non-hydrogen) atoms. The zero-order chi connectivity index (χ0) is 16.3. The van der Waals surface area contributed by atoms with Crippen molar-refractivity contribution >= 4 is 11.9 Å². The van der Waals surface area contributed by atoms with Crippen LogP contribution in [0.3, 0.4) is 0 Å². The molecule has 0 aliphatic heterocycles. The van der Waals surface area contributed by atoms with Gasteiger partial charge in [0, 0.05) is 19.5 Å². The third kappa shape index (κ3) is 6.49. The highest BCUT2D eigenvalue weighted by Crippen LogP contribution is 2.52. The summed E-state index contributed by atoms with van der Waals surface area (Å²) >= 11 is 0. The van der Waals surface area contributed by atoms with Crippen LogP contribution >= 0.6 is 0 Å². The maximum atomic E-state index is 12.7. The third-order valence-electron chi connectivity index (χ3n) is 3.83. The molecule has 1 aliphatic carbocycles. The Morgan fingerprint density at radius 1 is 1.19 bits per heavy atom. The third-order valence-corrected chi connectivity index (χ3v) is 3.83. The molecule has 1 aliphatic rings. The number of carbonyl (C=O) groups is 2. The number of rotatable bonds is 7. The van der Waals surface area contributed by atoms with Gasteiger partial charge >= 0.3 is 5.97 Å². The molecule has 0 saturated heterocycles.